The fraction of sp³-hybridized carbons (Fsp3) is 0.308. The number of benzene rings is 1. The van der Waals surface area contributed by atoms with E-state index in [1.807, 2.05) is 0 Å². The molecule has 0 aromatic heterocycles. The maximum atomic E-state index is 2.33. The van der Waals surface area contributed by atoms with E-state index in [-0.39, 0.29) is 50.7 Å². The van der Waals surface area contributed by atoms with E-state index in [1.54, 1.807) is 0 Å². The van der Waals surface area contributed by atoms with Gasteiger partial charge in [0.1, 0.15) is 0 Å². The van der Waals surface area contributed by atoms with Crippen molar-refractivity contribution in [1.82, 2.24) is 0 Å². The first-order chi connectivity index (χ1) is 6.35. The predicted molar refractivity (Wildman–Crippen MR) is 58.3 cm³/mol. The Morgan fingerprint density at radius 1 is 1.06 bits per heavy atom. The molecule has 2 aromatic carbocycles. The largest absolute Gasteiger partial charge is 1.00 e. The SMILES string of the molecule is CCc1cc2c(CC)cccc2[cH-]1.[Cl-].[Cl-].[Hf]. The maximum absolute atomic E-state index is 2.33. The molecule has 0 amide bonds. The topological polar surface area (TPSA) is 0 Å². The van der Waals surface area contributed by atoms with Gasteiger partial charge in [0.15, 0.2) is 0 Å². The van der Waals surface area contributed by atoms with Crippen LogP contribution in [-0.4, -0.2) is 0 Å². The van der Waals surface area contributed by atoms with Crippen LogP contribution in [0.1, 0.15) is 25.0 Å². The van der Waals surface area contributed by atoms with Gasteiger partial charge in [-0.2, -0.15) is 6.07 Å². The van der Waals surface area contributed by atoms with Crippen LogP contribution in [0.4, 0.5) is 0 Å². The fourth-order valence-corrected chi connectivity index (χ4v) is 1.87. The zero-order chi connectivity index (χ0) is 9.26. The Morgan fingerprint density at radius 3 is 2.31 bits per heavy atom. The molecule has 0 spiro atoms. The quantitative estimate of drug-likeness (QED) is 0.378. The van der Waals surface area contributed by atoms with E-state index in [0.717, 1.165) is 12.8 Å². The number of hydrogen-bond donors (Lipinski definition) is 0. The number of hydrogen-bond acceptors (Lipinski definition) is 0. The summed E-state index contributed by atoms with van der Waals surface area (Å²) in [6, 6.07) is 11.2. The van der Waals surface area contributed by atoms with Gasteiger partial charge in [0, 0.05) is 25.8 Å². The van der Waals surface area contributed by atoms with E-state index in [4.69, 9.17) is 0 Å². The molecule has 0 aliphatic carbocycles. The molecule has 88 valence electrons. The maximum Gasteiger partial charge on any atom is 0 e. The van der Waals surface area contributed by atoms with Gasteiger partial charge in [0.05, 0.1) is 0 Å². The van der Waals surface area contributed by atoms with Gasteiger partial charge in [0.2, 0.25) is 0 Å². The molecule has 0 fully saturated rings. The zero-order valence-corrected chi connectivity index (χ0v) is 14.7. The average Bonchev–Trinajstić information content (AvgIpc) is 2.59. The molecule has 0 saturated carbocycles. The Hall–Kier alpha value is 0.280. The fourth-order valence-electron chi connectivity index (χ4n) is 1.87. The third-order valence-electron chi connectivity index (χ3n) is 2.69. The van der Waals surface area contributed by atoms with Crippen LogP contribution in [0.5, 0.6) is 0 Å². The van der Waals surface area contributed by atoms with E-state index in [2.05, 4.69) is 44.2 Å². The molecule has 2 aromatic rings. The zero-order valence-electron chi connectivity index (χ0n) is 9.56. The molecule has 0 saturated heterocycles. The van der Waals surface area contributed by atoms with Gasteiger partial charge in [-0.1, -0.05) is 25.5 Å². The van der Waals surface area contributed by atoms with Crippen LogP contribution in [0.15, 0.2) is 30.3 Å². The Bertz CT molecular complexity index is 421. The summed E-state index contributed by atoms with van der Waals surface area (Å²) in [5.74, 6) is 0. The molecule has 2 rings (SSSR count). The van der Waals surface area contributed by atoms with Crippen LogP contribution in [0, 0.1) is 0 Å². The molecular formula is C13H15Cl2Hf-3. The molecule has 0 nitrogen and oxygen atoms in total. The van der Waals surface area contributed by atoms with Gasteiger partial charge in [-0.25, -0.2) is 0 Å². The van der Waals surface area contributed by atoms with Crippen molar-refractivity contribution in [3.63, 3.8) is 0 Å². The summed E-state index contributed by atoms with van der Waals surface area (Å²) < 4.78 is 0. The minimum atomic E-state index is 0. The first kappa shape index (κ1) is 18.6. The van der Waals surface area contributed by atoms with Gasteiger partial charge >= 0.3 is 0 Å². The van der Waals surface area contributed by atoms with Crippen LogP contribution in [0.2, 0.25) is 0 Å². The summed E-state index contributed by atoms with van der Waals surface area (Å²) in [5, 5.41) is 2.85. The number of fused-ring (bicyclic) bond motifs is 1. The molecule has 0 heterocycles. The van der Waals surface area contributed by atoms with Crippen LogP contribution < -0.4 is 24.8 Å². The van der Waals surface area contributed by atoms with E-state index in [1.165, 1.54) is 21.9 Å². The number of rotatable bonds is 2. The summed E-state index contributed by atoms with van der Waals surface area (Å²) in [6.07, 6.45) is 2.27. The van der Waals surface area contributed by atoms with E-state index >= 15 is 0 Å². The second-order valence-corrected chi connectivity index (χ2v) is 3.49. The van der Waals surface area contributed by atoms with Gasteiger partial charge < -0.3 is 24.8 Å². The molecule has 0 aliphatic rings. The summed E-state index contributed by atoms with van der Waals surface area (Å²) in [6.45, 7) is 4.42. The number of halogens is 2. The Morgan fingerprint density at radius 2 is 1.75 bits per heavy atom. The van der Waals surface area contributed by atoms with Gasteiger partial charge in [-0.15, -0.1) is 34.5 Å². The Balaban J connectivity index is 0. The van der Waals surface area contributed by atoms with Crippen molar-refractivity contribution in [1.29, 1.82) is 0 Å². The molecule has 0 atom stereocenters. The van der Waals surface area contributed by atoms with E-state index < -0.39 is 0 Å². The number of aryl methyl sites for hydroxylation is 2. The molecule has 0 radical (unpaired) electrons. The summed E-state index contributed by atoms with van der Waals surface area (Å²) >= 11 is 0. The third kappa shape index (κ3) is 3.65. The molecule has 0 bridgehead atoms. The first-order valence-electron chi connectivity index (χ1n) is 5.02. The van der Waals surface area contributed by atoms with Gasteiger partial charge in [0.25, 0.3) is 0 Å². The molecule has 16 heavy (non-hydrogen) atoms. The second kappa shape index (κ2) is 8.38. The first-order valence-corrected chi connectivity index (χ1v) is 5.02. The minimum absolute atomic E-state index is 0. The summed E-state index contributed by atoms with van der Waals surface area (Å²) in [7, 11) is 0. The second-order valence-electron chi connectivity index (χ2n) is 3.49. The molecule has 0 aliphatic heterocycles. The summed E-state index contributed by atoms with van der Waals surface area (Å²) in [4.78, 5) is 0. The summed E-state index contributed by atoms with van der Waals surface area (Å²) in [5.41, 5.74) is 2.92. The van der Waals surface area contributed by atoms with Crippen molar-refractivity contribution in [3.8, 4) is 0 Å². The van der Waals surface area contributed by atoms with Crippen LogP contribution in [0.3, 0.4) is 0 Å². The third-order valence-corrected chi connectivity index (χ3v) is 2.69. The van der Waals surface area contributed by atoms with E-state index in [9.17, 15) is 0 Å². The Labute approximate surface area is 129 Å². The van der Waals surface area contributed by atoms with Crippen molar-refractivity contribution in [2.45, 2.75) is 26.7 Å². The van der Waals surface area contributed by atoms with Crippen molar-refractivity contribution in [2.24, 2.45) is 0 Å². The van der Waals surface area contributed by atoms with E-state index in [0.29, 0.717) is 0 Å². The molecule has 3 heteroatoms. The molecular weight excluding hydrogens is 406 g/mol. The monoisotopic (exact) mass is 421 g/mol. The standard InChI is InChI=1S/C13H15.2ClH.Hf/c1-3-10-8-12-7-5-6-11(4-2)13(12)9-10;;;/h5-9H,3-4H2,1-2H3;2*1H;/q-1;;;/p-2. The predicted octanol–water partition coefficient (Wildman–Crippen LogP) is -2.31. The van der Waals surface area contributed by atoms with Crippen molar-refractivity contribution < 1.29 is 50.7 Å². The minimum Gasteiger partial charge on any atom is -1.00 e. The van der Waals surface area contributed by atoms with Crippen LogP contribution >= 0.6 is 0 Å². The van der Waals surface area contributed by atoms with Gasteiger partial charge in [-0.3, -0.25) is 0 Å². The average molecular weight is 421 g/mol. The van der Waals surface area contributed by atoms with Crippen LogP contribution in [0.25, 0.3) is 10.8 Å². The van der Waals surface area contributed by atoms with Gasteiger partial charge in [-0.05, 0) is 12.8 Å². The molecule has 0 N–H and O–H groups in total. The van der Waals surface area contributed by atoms with Crippen molar-refractivity contribution >= 4 is 10.8 Å². The van der Waals surface area contributed by atoms with Crippen LogP contribution in [-0.2, 0) is 38.7 Å². The molecule has 0 unspecified atom stereocenters. The smallest absolute Gasteiger partial charge is 0 e. The van der Waals surface area contributed by atoms with Crippen molar-refractivity contribution in [3.05, 3.63) is 41.5 Å². The van der Waals surface area contributed by atoms with Crippen molar-refractivity contribution in [2.75, 3.05) is 0 Å². The normalized spacial score (nSPS) is 8.88. The Kier molecular flexibility index (Phi) is 9.77.